The fraction of sp³-hybridized carbons (Fsp3) is 0.0588. The summed E-state index contributed by atoms with van der Waals surface area (Å²) in [5.41, 5.74) is 0.108. The van der Waals surface area contributed by atoms with E-state index >= 15 is 0 Å². The Kier molecular flexibility index (Phi) is 6.05. The zero-order valence-electron chi connectivity index (χ0n) is 14.0. The maximum atomic E-state index is 12.1. The number of hydrogen-bond acceptors (Lipinski definition) is 6. The van der Waals surface area contributed by atoms with Crippen LogP contribution in [0.4, 0.5) is 11.4 Å². The monoisotopic (exact) mass is 380 g/mol. The molecule has 3 rings (SSSR count). The molecule has 0 spiro atoms. The first-order chi connectivity index (χ1) is 11.8. The molecule has 0 amide bonds. The van der Waals surface area contributed by atoms with Crippen molar-refractivity contribution in [3.8, 4) is 11.5 Å². The molecule has 3 aromatic rings. The van der Waals surface area contributed by atoms with Crippen LogP contribution < -0.4 is 34.7 Å². The van der Waals surface area contributed by atoms with Gasteiger partial charge >= 0.3 is 29.6 Å². The minimum absolute atomic E-state index is 0. The van der Waals surface area contributed by atoms with Crippen LogP contribution in [0.5, 0.6) is 11.5 Å². The number of hydrogen-bond donors (Lipinski definition) is 2. The van der Waals surface area contributed by atoms with Crippen molar-refractivity contribution in [2.45, 2.75) is 11.8 Å². The molecule has 7 nitrogen and oxygen atoms in total. The van der Waals surface area contributed by atoms with Gasteiger partial charge in [0, 0.05) is 5.39 Å². The van der Waals surface area contributed by atoms with Gasteiger partial charge in [0.2, 0.25) is 0 Å². The Morgan fingerprint density at radius 2 is 1.73 bits per heavy atom. The molecule has 0 aromatic heterocycles. The van der Waals surface area contributed by atoms with Gasteiger partial charge in [-0.1, -0.05) is 42.1 Å². The van der Waals surface area contributed by atoms with Crippen LogP contribution >= 0.6 is 0 Å². The van der Waals surface area contributed by atoms with Gasteiger partial charge in [-0.3, -0.25) is 4.55 Å². The van der Waals surface area contributed by atoms with E-state index in [1.165, 1.54) is 13.0 Å². The van der Waals surface area contributed by atoms with Gasteiger partial charge in [0.1, 0.15) is 11.4 Å². The second kappa shape index (κ2) is 7.73. The summed E-state index contributed by atoms with van der Waals surface area (Å²) in [5, 5.41) is 31.2. The van der Waals surface area contributed by atoms with E-state index in [4.69, 9.17) is 4.55 Å². The summed E-state index contributed by atoms with van der Waals surface area (Å²) < 4.78 is 31.8. The Bertz CT molecular complexity index is 1110. The molecule has 0 atom stereocenters. The molecule has 0 heterocycles. The quantitative estimate of drug-likeness (QED) is 0.391. The summed E-state index contributed by atoms with van der Waals surface area (Å²) in [5.74, 6) is -0.645. The van der Waals surface area contributed by atoms with Crippen molar-refractivity contribution in [2.75, 3.05) is 0 Å². The van der Waals surface area contributed by atoms with Gasteiger partial charge in [-0.15, -0.1) is 5.11 Å². The molecular weight excluding hydrogens is 367 g/mol. The minimum atomic E-state index is -4.46. The molecule has 0 saturated heterocycles. The van der Waals surface area contributed by atoms with Crippen LogP contribution in [-0.4, -0.2) is 18.1 Å². The number of aryl methyl sites for hydroxylation is 1. The number of azo groups is 1. The number of benzene rings is 3. The van der Waals surface area contributed by atoms with Gasteiger partial charge < -0.3 is 10.2 Å². The predicted octanol–water partition coefficient (Wildman–Crippen LogP) is 0.594. The zero-order chi connectivity index (χ0) is 18.2. The van der Waals surface area contributed by atoms with Crippen LogP contribution in [0.25, 0.3) is 10.8 Å². The van der Waals surface area contributed by atoms with Crippen LogP contribution in [0.3, 0.4) is 0 Å². The second-order valence-corrected chi connectivity index (χ2v) is 6.84. The fourth-order valence-electron chi connectivity index (χ4n) is 2.40. The molecule has 26 heavy (non-hydrogen) atoms. The van der Waals surface area contributed by atoms with Crippen molar-refractivity contribution in [2.24, 2.45) is 10.2 Å². The van der Waals surface area contributed by atoms with E-state index in [0.29, 0.717) is 5.39 Å². The average Bonchev–Trinajstić information content (AvgIpc) is 2.56. The second-order valence-electron chi connectivity index (χ2n) is 5.42. The van der Waals surface area contributed by atoms with E-state index in [2.05, 4.69) is 10.2 Å². The Labute approximate surface area is 172 Å². The molecule has 0 bridgehead atoms. The third-order valence-electron chi connectivity index (χ3n) is 3.67. The van der Waals surface area contributed by atoms with Gasteiger partial charge in [0.15, 0.2) is 0 Å². The fourth-order valence-corrected chi connectivity index (χ4v) is 2.98. The summed E-state index contributed by atoms with van der Waals surface area (Å²) in [6.45, 7) is 1.46. The standard InChI is InChI=1S/C17H14N2O5S.Na/c1-10-8-12(25(22,23)24)9-14(17(10)21)18-19-16-13-5-3-2-4-11(13)6-7-15(16)20;/h2-9,20-21H,1H3,(H,22,23,24);/q;+1/p-1. The van der Waals surface area contributed by atoms with Gasteiger partial charge in [-0.2, -0.15) is 13.5 Å². The van der Waals surface area contributed by atoms with E-state index in [1.54, 1.807) is 18.2 Å². The first kappa shape index (κ1) is 20.3. The molecule has 0 aliphatic heterocycles. The Morgan fingerprint density at radius 1 is 1.04 bits per heavy atom. The molecule has 0 aliphatic carbocycles. The van der Waals surface area contributed by atoms with Crippen molar-refractivity contribution in [1.82, 2.24) is 0 Å². The number of nitrogens with zero attached hydrogens (tertiary/aromatic N) is 2. The van der Waals surface area contributed by atoms with Crippen molar-refractivity contribution in [1.29, 1.82) is 0 Å². The number of rotatable bonds is 3. The van der Waals surface area contributed by atoms with E-state index in [0.717, 1.165) is 17.5 Å². The average molecular weight is 380 g/mol. The van der Waals surface area contributed by atoms with Crippen LogP contribution in [0.15, 0.2) is 63.7 Å². The summed E-state index contributed by atoms with van der Waals surface area (Å²) >= 11 is 0. The molecule has 9 heteroatoms. The third kappa shape index (κ3) is 4.05. The molecule has 2 N–H and O–H groups in total. The molecule has 0 radical (unpaired) electrons. The van der Waals surface area contributed by atoms with E-state index in [9.17, 15) is 18.6 Å². The molecular formula is C17H13N2NaO5S. The van der Waals surface area contributed by atoms with Crippen LogP contribution in [0.1, 0.15) is 5.56 Å². The SMILES string of the molecule is Cc1cc(S(=O)(=O)O)cc(N=Nc2c([O-])ccc3ccccc23)c1O.[Na+]. The number of phenols is 1. The van der Waals surface area contributed by atoms with Crippen LogP contribution in [0.2, 0.25) is 0 Å². The molecule has 3 aromatic carbocycles. The van der Waals surface area contributed by atoms with Gasteiger partial charge in [-0.25, -0.2) is 0 Å². The van der Waals surface area contributed by atoms with E-state index in [1.807, 2.05) is 12.1 Å². The van der Waals surface area contributed by atoms with Gasteiger partial charge in [0.05, 0.1) is 10.6 Å². The van der Waals surface area contributed by atoms with Crippen molar-refractivity contribution in [3.05, 3.63) is 54.1 Å². The number of phenolic OH excluding ortho intramolecular Hbond substituents is 1. The largest absolute Gasteiger partial charge is 1.00 e. The van der Waals surface area contributed by atoms with Crippen molar-refractivity contribution < 1.29 is 52.7 Å². The summed E-state index contributed by atoms with van der Waals surface area (Å²) in [7, 11) is -4.46. The third-order valence-corrected chi connectivity index (χ3v) is 4.50. The first-order valence-electron chi connectivity index (χ1n) is 7.19. The normalized spacial score (nSPS) is 11.6. The van der Waals surface area contributed by atoms with Crippen LogP contribution in [0, 0.1) is 6.92 Å². The maximum Gasteiger partial charge on any atom is 1.00 e. The number of aromatic hydroxyl groups is 1. The molecule has 128 valence electrons. The van der Waals surface area contributed by atoms with E-state index in [-0.39, 0.29) is 58.0 Å². The van der Waals surface area contributed by atoms with Crippen molar-refractivity contribution in [3.63, 3.8) is 0 Å². The molecule has 0 unspecified atom stereocenters. The predicted molar refractivity (Wildman–Crippen MR) is 90.2 cm³/mol. The smallest absolute Gasteiger partial charge is 0.871 e. The molecule has 0 saturated carbocycles. The summed E-state index contributed by atoms with van der Waals surface area (Å²) in [6.07, 6.45) is 0. The van der Waals surface area contributed by atoms with Crippen molar-refractivity contribution >= 4 is 32.3 Å². The van der Waals surface area contributed by atoms with Gasteiger partial charge in [0.25, 0.3) is 10.1 Å². The summed E-state index contributed by atoms with van der Waals surface area (Å²) in [6, 6.07) is 12.2. The topological polar surface area (TPSA) is 122 Å². The Morgan fingerprint density at radius 3 is 2.42 bits per heavy atom. The molecule has 0 aliphatic rings. The van der Waals surface area contributed by atoms with E-state index < -0.39 is 15.0 Å². The Balaban J connectivity index is 0.00000243. The first-order valence-corrected chi connectivity index (χ1v) is 8.63. The Hall–Kier alpha value is -1.97. The zero-order valence-corrected chi connectivity index (χ0v) is 16.9. The van der Waals surface area contributed by atoms with Gasteiger partial charge in [-0.05, 0) is 30.0 Å². The summed E-state index contributed by atoms with van der Waals surface area (Å²) in [4.78, 5) is -0.419. The number of fused-ring (bicyclic) bond motifs is 1. The maximum absolute atomic E-state index is 12.1. The minimum Gasteiger partial charge on any atom is -0.871 e. The molecule has 0 fully saturated rings. The van der Waals surface area contributed by atoms with Crippen LogP contribution in [-0.2, 0) is 10.1 Å².